The van der Waals surface area contributed by atoms with Crippen LogP contribution in [0.4, 0.5) is 0 Å². The second-order valence-corrected chi connectivity index (χ2v) is 8.57. The van der Waals surface area contributed by atoms with Crippen LogP contribution in [0.3, 0.4) is 0 Å². The first-order valence-corrected chi connectivity index (χ1v) is 10.6. The number of hydrogen-bond acceptors (Lipinski definition) is 4. The molecule has 1 fully saturated rings. The van der Waals surface area contributed by atoms with Gasteiger partial charge in [-0.1, -0.05) is 19.1 Å². The van der Waals surface area contributed by atoms with Gasteiger partial charge in [-0.25, -0.2) is 0 Å². The van der Waals surface area contributed by atoms with E-state index in [1.165, 1.54) is 28.8 Å². The van der Waals surface area contributed by atoms with Gasteiger partial charge in [0.25, 0.3) is 5.91 Å². The average molecular weight is 423 g/mol. The standard InChI is InChI=1S/C22H30N2O2S.ClH/c1-16-8-10-24(11-9-16)20(21-5-4-12-27-21)14-23-22(25)15-26-19-7-6-17(2)18(3)13-19;/h4-7,12-13,16,20H,8-11,14-15H2,1-3H3,(H,23,25);1H. The lowest BCUT2D eigenvalue weighted by Gasteiger charge is -2.36. The molecule has 6 heteroatoms. The molecule has 0 bridgehead atoms. The number of aryl methyl sites for hydroxylation is 2. The number of nitrogens with one attached hydrogen (secondary N) is 1. The van der Waals surface area contributed by atoms with Gasteiger partial charge in [0.2, 0.25) is 0 Å². The van der Waals surface area contributed by atoms with Crippen molar-refractivity contribution >= 4 is 29.7 Å². The molecule has 0 saturated carbocycles. The number of nitrogens with zero attached hydrogens (tertiary/aromatic N) is 1. The first-order valence-electron chi connectivity index (χ1n) is 9.77. The van der Waals surface area contributed by atoms with Crippen LogP contribution < -0.4 is 10.1 Å². The third kappa shape index (κ3) is 6.23. The third-order valence-corrected chi connectivity index (χ3v) is 6.45. The number of rotatable bonds is 7. The molecule has 3 rings (SSSR count). The summed E-state index contributed by atoms with van der Waals surface area (Å²) in [5.74, 6) is 1.47. The molecule has 4 nitrogen and oxygen atoms in total. The van der Waals surface area contributed by atoms with Gasteiger partial charge in [-0.15, -0.1) is 23.7 Å². The molecule has 0 radical (unpaired) electrons. The topological polar surface area (TPSA) is 41.6 Å². The van der Waals surface area contributed by atoms with E-state index in [0.717, 1.165) is 24.8 Å². The monoisotopic (exact) mass is 422 g/mol. The van der Waals surface area contributed by atoms with Crippen LogP contribution in [-0.2, 0) is 4.79 Å². The van der Waals surface area contributed by atoms with Crippen molar-refractivity contribution in [1.82, 2.24) is 10.2 Å². The summed E-state index contributed by atoms with van der Waals surface area (Å²) in [6, 6.07) is 10.4. The Morgan fingerprint density at radius 3 is 2.64 bits per heavy atom. The van der Waals surface area contributed by atoms with Gasteiger partial charge in [0.1, 0.15) is 5.75 Å². The number of halogens is 1. The van der Waals surface area contributed by atoms with Crippen molar-refractivity contribution in [2.75, 3.05) is 26.2 Å². The van der Waals surface area contributed by atoms with E-state index in [-0.39, 0.29) is 31.0 Å². The fourth-order valence-electron chi connectivity index (χ4n) is 3.44. The summed E-state index contributed by atoms with van der Waals surface area (Å²) in [4.78, 5) is 16.2. The predicted molar refractivity (Wildman–Crippen MR) is 119 cm³/mol. The Bertz CT molecular complexity index is 743. The number of piperidine rings is 1. The van der Waals surface area contributed by atoms with Crippen molar-refractivity contribution in [2.24, 2.45) is 5.92 Å². The maximum absolute atomic E-state index is 12.3. The van der Waals surface area contributed by atoms with Crippen LogP contribution in [0.2, 0.25) is 0 Å². The molecule has 1 atom stereocenters. The molecule has 1 aliphatic rings. The summed E-state index contributed by atoms with van der Waals surface area (Å²) >= 11 is 1.77. The van der Waals surface area contributed by atoms with E-state index >= 15 is 0 Å². The zero-order valence-electron chi connectivity index (χ0n) is 16.9. The Morgan fingerprint density at radius 2 is 2.00 bits per heavy atom. The van der Waals surface area contributed by atoms with Crippen molar-refractivity contribution in [3.63, 3.8) is 0 Å². The summed E-state index contributed by atoms with van der Waals surface area (Å²) in [7, 11) is 0. The molecule has 28 heavy (non-hydrogen) atoms. The molecule has 1 aliphatic heterocycles. The van der Waals surface area contributed by atoms with E-state index in [1.54, 1.807) is 11.3 Å². The summed E-state index contributed by atoms with van der Waals surface area (Å²) in [5, 5.41) is 5.19. The van der Waals surface area contributed by atoms with Gasteiger partial charge in [0.15, 0.2) is 6.61 Å². The number of hydrogen-bond donors (Lipinski definition) is 1. The first kappa shape index (κ1) is 22.7. The van der Waals surface area contributed by atoms with Crippen molar-refractivity contribution in [3.05, 3.63) is 51.7 Å². The van der Waals surface area contributed by atoms with E-state index in [0.29, 0.717) is 6.54 Å². The quantitative estimate of drug-likeness (QED) is 0.699. The van der Waals surface area contributed by atoms with Gasteiger partial charge in [-0.05, 0) is 80.4 Å². The van der Waals surface area contributed by atoms with Crippen molar-refractivity contribution in [3.8, 4) is 5.75 Å². The highest BCUT2D eigenvalue weighted by Crippen LogP contribution is 2.29. The molecule has 1 saturated heterocycles. The molecular formula is C22H31ClN2O2S. The second kappa shape index (κ2) is 10.8. The van der Waals surface area contributed by atoms with Crippen molar-refractivity contribution in [1.29, 1.82) is 0 Å². The maximum Gasteiger partial charge on any atom is 0.258 e. The number of benzene rings is 1. The molecule has 1 unspecified atom stereocenters. The summed E-state index contributed by atoms with van der Waals surface area (Å²) < 4.78 is 5.66. The van der Waals surface area contributed by atoms with Gasteiger partial charge in [-0.3, -0.25) is 9.69 Å². The number of likely N-dealkylation sites (tertiary alicyclic amines) is 1. The fourth-order valence-corrected chi connectivity index (χ4v) is 4.31. The molecule has 2 aromatic rings. The molecule has 1 amide bonds. The van der Waals surface area contributed by atoms with Gasteiger partial charge < -0.3 is 10.1 Å². The van der Waals surface area contributed by atoms with Crippen LogP contribution in [0.15, 0.2) is 35.7 Å². The average Bonchev–Trinajstić information content (AvgIpc) is 3.19. The molecule has 1 N–H and O–H groups in total. The summed E-state index contributed by atoms with van der Waals surface area (Å²) in [6.07, 6.45) is 2.46. The maximum atomic E-state index is 12.3. The highest BCUT2D eigenvalue weighted by Gasteiger charge is 2.25. The predicted octanol–water partition coefficient (Wildman–Crippen LogP) is 4.75. The van der Waals surface area contributed by atoms with E-state index in [1.807, 2.05) is 25.1 Å². The van der Waals surface area contributed by atoms with Crippen LogP contribution in [-0.4, -0.2) is 37.0 Å². The number of thiophene rings is 1. The Balaban J connectivity index is 0.00000280. The summed E-state index contributed by atoms with van der Waals surface area (Å²) in [5.41, 5.74) is 2.39. The largest absolute Gasteiger partial charge is 0.484 e. The first-order chi connectivity index (χ1) is 13.0. The number of amides is 1. The summed E-state index contributed by atoms with van der Waals surface area (Å²) in [6.45, 7) is 9.31. The minimum absolute atomic E-state index is 0. The van der Waals surface area contributed by atoms with E-state index < -0.39 is 0 Å². The van der Waals surface area contributed by atoms with Gasteiger partial charge >= 0.3 is 0 Å². The van der Waals surface area contributed by atoms with E-state index in [4.69, 9.17) is 4.74 Å². The normalized spacial score (nSPS) is 16.2. The SMILES string of the molecule is Cc1ccc(OCC(=O)NCC(c2cccs2)N2CCC(C)CC2)cc1C.Cl. The van der Waals surface area contributed by atoms with Gasteiger partial charge in [-0.2, -0.15) is 0 Å². The zero-order chi connectivity index (χ0) is 19.2. The van der Waals surface area contributed by atoms with Crippen molar-refractivity contribution < 1.29 is 9.53 Å². The van der Waals surface area contributed by atoms with Crippen LogP contribution >= 0.6 is 23.7 Å². The molecular weight excluding hydrogens is 392 g/mol. The molecule has 154 valence electrons. The zero-order valence-corrected chi connectivity index (χ0v) is 18.6. The molecule has 2 heterocycles. The van der Waals surface area contributed by atoms with E-state index in [9.17, 15) is 4.79 Å². The third-order valence-electron chi connectivity index (χ3n) is 5.47. The van der Waals surface area contributed by atoms with Crippen LogP contribution in [0.25, 0.3) is 0 Å². The minimum atomic E-state index is -0.0693. The fraction of sp³-hybridized carbons (Fsp3) is 0.500. The Labute approximate surface area is 178 Å². The highest BCUT2D eigenvalue weighted by atomic mass is 35.5. The lowest BCUT2D eigenvalue weighted by atomic mass is 9.97. The Hall–Kier alpha value is -1.56. The van der Waals surface area contributed by atoms with Gasteiger partial charge in [0.05, 0.1) is 6.04 Å². The van der Waals surface area contributed by atoms with Crippen molar-refractivity contribution in [2.45, 2.75) is 39.7 Å². The van der Waals surface area contributed by atoms with E-state index in [2.05, 4.69) is 41.6 Å². The second-order valence-electron chi connectivity index (χ2n) is 7.59. The lowest BCUT2D eigenvalue weighted by Crippen LogP contribution is -2.42. The number of carbonyl (C=O) groups is 1. The number of carbonyl (C=O) groups excluding carboxylic acids is 1. The molecule has 0 aliphatic carbocycles. The molecule has 0 spiro atoms. The smallest absolute Gasteiger partial charge is 0.258 e. The molecule has 1 aromatic carbocycles. The lowest BCUT2D eigenvalue weighted by molar-refractivity contribution is -0.123. The Kier molecular flexibility index (Phi) is 8.80. The number of ether oxygens (including phenoxy) is 1. The van der Waals surface area contributed by atoms with Crippen LogP contribution in [0.5, 0.6) is 5.75 Å². The van der Waals surface area contributed by atoms with Crippen LogP contribution in [0.1, 0.15) is 41.8 Å². The van der Waals surface area contributed by atoms with Gasteiger partial charge in [0, 0.05) is 11.4 Å². The Morgan fingerprint density at radius 1 is 1.25 bits per heavy atom. The minimum Gasteiger partial charge on any atom is -0.484 e. The molecule has 1 aromatic heterocycles. The highest BCUT2D eigenvalue weighted by molar-refractivity contribution is 7.10. The van der Waals surface area contributed by atoms with Crippen LogP contribution in [0, 0.1) is 19.8 Å².